The molecular weight excluding hydrogens is 368 g/mol. The van der Waals surface area contributed by atoms with Crippen molar-refractivity contribution >= 4 is 23.4 Å². The Morgan fingerprint density at radius 2 is 1.63 bits per heavy atom. The molecule has 0 aliphatic carbocycles. The minimum atomic E-state index is -0.320. The third-order valence-electron chi connectivity index (χ3n) is 4.05. The Balaban J connectivity index is 1.99. The summed E-state index contributed by atoms with van der Waals surface area (Å²) in [5.74, 6) is 0.459. The molecule has 0 unspecified atom stereocenters. The predicted molar refractivity (Wildman–Crippen MR) is 104 cm³/mol. The molecule has 7 heteroatoms. The van der Waals surface area contributed by atoms with Crippen LogP contribution in [0, 0.1) is 0 Å². The van der Waals surface area contributed by atoms with Gasteiger partial charge in [-0.1, -0.05) is 29.8 Å². The van der Waals surface area contributed by atoms with E-state index in [1.807, 2.05) is 12.1 Å². The first-order valence-electron chi connectivity index (χ1n) is 8.45. The number of halogens is 1. The highest BCUT2D eigenvalue weighted by molar-refractivity contribution is 6.30. The third-order valence-corrected chi connectivity index (χ3v) is 4.31. The van der Waals surface area contributed by atoms with Gasteiger partial charge in [-0.3, -0.25) is 9.59 Å². The van der Waals surface area contributed by atoms with Crippen LogP contribution in [0.5, 0.6) is 11.5 Å². The number of methoxy groups -OCH3 is 2. The molecule has 0 aliphatic heterocycles. The van der Waals surface area contributed by atoms with Gasteiger partial charge in [-0.05, 0) is 29.8 Å². The minimum absolute atomic E-state index is 0.0749. The molecule has 2 rings (SSSR count). The van der Waals surface area contributed by atoms with E-state index in [-0.39, 0.29) is 11.8 Å². The first-order valence-corrected chi connectivity index (χ1v) is 8.83. The molecule has 27 heavy (non-hydrogen) atoms. The second-order valence-corrected chi connectivity index (χ2v) is 6.30. The van der Waals surface area contributed by atoms with Gasteiger partial charge in [0.05, 0.1) is 14.2 Å². The van der Waals surface area contributed by atoms with E-state index in [1.54, 1.807) is 35.2 Å². The number of ether oxygens (including phenoxy) is 2. The number of carbonyl (C=O) groups excluding carboxylic acids is 2. The molecule has 0 radical (unpaired) electrons. The monoisotopic (exact) mass is 390 g/mol. The molecule has 0 fully saturated rings. The van der Waals surface area contributed by atoms with Gasteiger partial charge in [0.2, 0.25) is 5.91 Å². The van der Waals surface area contributed by atoms with Crippen LogP contribution < -0.4 is 14.8 Å². The van der Waals surface area contributed by atoms with Crippen LogP contribution >= 0.6 is 11.6 Å². The highest BCUT2D eigenvalue weighted by Gasteiger charge is 2.18. The van der Waals surface area contributed by atoms with Crippen LogP contribution in [0.4, 0.5) is 0 Å². The number of nitrogens with one attached hydrogen (secondary N) is 1. The van der Waals surface area contributed by atoms with Gasteiger partial charge in [0.15, 0.2) is 0 Å². The second kappa shape index (κ2) is 9.83. The average molecular weight is 391 g/mol. The maximum atomic E-state index is 12.6. The maximum Gasteiger partial charge on any atom is 0.258 e. The van der Waals surface area contributed by atoms with Crippen molar-refractivity contribution in [3.63, 3.8) is 0 Å². The Kier molecular flexibility index (Phi) is 7.49. The summed E-state index contributed by atoms with van der Waals surface area (Å²) in [6.07, 6.45) is 0. The Morgan fingerprint density at radius 3 is 2.15 bits per heavy atom. The molecule has 0 heterocycles. The molecular formula is C20H23ClN2O4. The van der Waals surface area contributed by atoms with Crippen molar-refractivity contribution in [1.82, 2.24) is 10.2 Å². The van der Waals surface area contributed by atoms with Crippen LogP contribution in [0.25, 0.3) is 0 Å². The van der Waals surface area contributed by atoms with E-state index in [4.69, 9.17) is 21.1 Å². The lowest BCUT2D eigenvalue weighted by Gasteiger charge is -2.22. The number of amides is 2. The van der Waals surface area contributed by atoms with Gasteiger partial charge in [-0.25, -0.2) is 0 Å². The Hall–Kier alpha value is -2.73. The normalized spacial score (nSPS) is 10.2. The number of nitrogens with zero attached hydrogens (tertiary/aromatic N) is 1. The number of benzene rings is 2. The number of hydrogen-bond donors (Lipinski definition) is 1. The first-order chi connectivity index (χ1) is 13.0. The van der Waals surface area contributed by atoms with E-state index in [0.717, 1.165) is 5.56 Å². The quantitative estimate of drug-likeness (QED) is 0.751. The van der Waals surface area contributed by atoms with Crippen molar-refractivity contribution in [3.8, 4) is 11.5 Å². The standard InChI is InChI=1S/C20H23ClN2O4/c1-14(24)23(13-15-7-9-16(21)10-8-15)12-11-22-20(25)19-17(26-2)5-4-6-18(19)27-3/h4-10H,11-13H2,1-3H3,(H,22,25). The molecule has 0 atom stereocenters. The Morgan fingerprint density at radius 1 is 1.04 bits per heavy atom. The van der Waals surface area contributed by atoms with Crippen molar-refractivity contribution in [3.05, 3.63) is 58.6 Å². The lowest BCUT2D eigenvalue weighted by molar-refractivity contribution is -0.129. The summed E-state index contributed by atoms with van der Waals surface area (Å²) in [7, 11) is 2.99. The molecule has 0 aliphatic rings. The van der Waals surface area contributed by atoms with Gasteiger partial charge < -0.3 is 19.7 Å². The maximum absolute atomic E-state index is 12.6. The fraction of sp³-hybridized carbons (Fsp3) is 0.300. The van der Waals surface area contributed by atoms with E-state index in [2.05, 4.69) is 5.32 Å². The Labute approximate surface area is 164 Å². The molecule has 0 spiro atoms. The van der Waals surface area contributed by atoms with Gasteiger partial charge in [0.25, 0.3) is 5.91 Å². The summed E-state index contributed by atoms with van der Waals surface area (Å²) in [4.78, 5) is 26.1. The molecule has 6 nitrogen and oxygen atoms in total. The van der Waals surface area contributed by atoms with Gasteiger partial charge in [0.1, 0.15) is 17.1 Å². The molecule has 2 aromatic rings. The molecule has 0 aromatic heterocycles. The zero-order chi connectivity index (χ0) is 19.8. The summed E-state index contributed by atoms with van der Waals surface area (Å²) >= 11 is 5.89. The van der Waals surface area contributed by atoms with E-state index in [0.29, 0.717) is 41.7 Å². The zero-order valence-electron chi connectivity index (χ0n) is 15.6. The van der Waals surface area contributed by atoms with Crippen molar-refractivity contribution < 1.29 is 19.1 Å². The lowest BCUT2D eigenvalue weighted by Crippen LogP contribution is -2.37. The summed E-state index contributed by atoms with van der Waals surface area (Å²) in [6, 6.07) is 12.4. The van der Waals surface area contributed by atoms with Crippen molar-refractivity contribution in [2.24, 2.45) is 0 Å². The van der Waals surface area contributed by atoms with Gasteiger partial charge in [-0.2, -0.15) is 0 Å². The highest BCUT2D eigenvalue weighted by Crippen LogP contribution is 2.27. The van der Waals surface area contributed by atoms with Gasteiger partial charge >= 0.3 is 0 Å². The Bertz CT molecular complexity index is 771. The van der Waals surface area contributed by atoms with Crippen LogP contribution in [-0.4, -0.2) is 44.0 Å². The molecule has 1 N–H and O–H groups in total. The summed E-state index contributed by atoms with van der Waals surface area (Å²) in [5, 5.41) is 3.46. The van der Waals surface area contributed by atoms with Crippen LogP contribution in [0.3, 0.4) is 0 Å². The highest BCUT2D eigenvalue weighted by atomic mass is 35.5. The van der Waals surface area contributed by atoms with Crippen LogP contribution in [-0.2, 0) is 11.3 Å². The summed E-state index contributed by atoms with van der Waals surface area (Å²) in [6.45, 7) is 2.62. The third kappa shape index (κ3) is 5.62. The van der Waals surface area contributed by atoms with E-state index in [9.17, 15) is 9.59 Å². The molecule has 0 saturated carbocycles. The summed E-state index contributed by atoms with van der Waals surface area (Å²) in [5.41, 5.74) is 1.29. The van der Waals surface area contributed by atoms with Crippen molar-refractivity contribution in [2.45, 2.75) is 13.5 Å². The largest absolute Gasteiger partial charge is 0.496 e. The predicted octanol–water partition coefficient (Wildman–Crippen LogP) is 3.14. The zero-order valence-corrected chi connectivity index (χ0v) is 16.4. The number of rotatable bonds is 8. The number of hydrogen-bond acceptors (Lipinski definition) is 4. The van der Waals surface area contributed by atoms with Gasteiger partial charge in [-0.15, -0.1) is 0 Å². The SMILES string of the molecule is COc1cccc(OC)c1C(=O)NCCN(Cc1ccc(Cl)cc1)C(C)=O. The van der Waals surface area contributed by atoms with Crippen molar-refractivity contribution in [2.75, 3.05) is 27.3 Å². The first kappa shape index (κ1) is 20.6. The number of carbonyl (C=O) groups is 2. The topological polar surface area (TPSA) is 67.9 Å². The van der Waals surface area contributed by atoms with Crippen molar-refractivity contribution in [1.29, 1.82) is 0 Å². The van der Waals surface area contributed by atoms with E-state index >= 15 is 0 Å². The smallest absolute Gasteiger partial charge is 0.258 e. The molecule has 2 aromatic carbocycles. The minimum Gasteiger partial charge on any atom is -0.496 e. The van der Waals surface area contributed by atoms with E-state index < -0.39 is 0 Å². The van der Waals surface area contributed by atoms with E-state index in [1.165, 1.54) is 21.1 Å². The molecule has 144 valence electrons. The average Bonchev–Trinajstić information content (AvgIpc) is 2.67. The lowest BCUT2D eigenvalue weighted by atomic mass is 10.1. The summed E-state index contributed by atoms with van der Waals surface area (Å²) < 4.78 is 10.5. The fourth-order valence-electron chi connectivity index (χ4n) is 2.63. The van der Waals surface area contributed by atoms with Crippen LogP contribution in [0.15, 0.2) is 42.5 Å². The van der Waals surface area contributed by atoms with Crippen LogP contribution in [0.1, 0.15) is 22.8 Å². The van der Waals surface area contributed by atoms with Gasteiger partial charge in [0, 0.05) is 31.6 Å². The molecule has 0 bridgehead atoms. The molecule has 2 amide bonds. The fourth-order valence-corrected chi connectivity index (χ4v) is 2.75. The second-order valence-electron chi connectivity index (χ2n) is 5.86. The molecule has 0 saturated heterocycles. The van der Waals surface area contributed by atoms with Crippen LogP contribution in [0.2, 0.25) is 5.02 Å².